The minimum absolute atomic E-state index is 0.124. The third kappa shape index (κ3) is 7.07. The van der Waals surface area contributed by atoms with Gasteiger partial charge in [-0.05, 0) is 31.9 Å². The second kappa shape index (κ2) is 10.5. The molecule has 0 bridgehead atoms. The maximum absolute atomic E-state index is 11.7. The molecule has 0 radical (unpaired) electrons. The third-order valence-electron chi connectivity index (χ3n) is 3.49. The van der Waals surface area contributed by atoms with Gasteiger partial charge in [0.2, 0.25) is 10.0 Å². The van der Waals surface area contributed by atoms with Crippen molar-refractivity contribution in [2.24, 2.45) is 4.99 Å². The van der Waals surface area contributed by atoms with Gasteiger partial charge in [-0.3, -0.25) is 0 Å². The number of aliphatic imine (C=N–C) groups is 1. The molecule has 6 nitrogen and oxygen atoms in total. The summed E-state index contributed by atoms with van der Waals surface area (Å²) >= 11 is 6.13. The molecule has 0 heterocycles. The highest BCUT2D eigenvalue weighted by Crippen LogP contribution is 2.15. The summed E-state index contributed by atoms with van der Waals surface area (Å²) in [5.74, 6) is 0.817. The van der Waals surface area contributed by atoms with Gasteiger partial charge in [-0.25, -0.2) is 17.7 Å². The normalized spacial score (nSPS) is 12.5. The van der Waals surface area contributed by atoms with Gasteiger partial charge in [0.25, 0.3) is 0 Å². The van der Waals surface area contributed by atoms with E-state index in [-0.39, 0.29) is 5.75 Å². The number of hydrogen-bond donors (Lipinski definition) is 2. The Balaban J connectivity index is 2.49. The number of sulfonamides is 1. The van der Waals surface area contributed by atoms with Gasteiger partial charge in [-0.15, -0.1) is 0 Å². The number of hydrogen-bond acceptors (Lipinski definition) is 3. The van der Waals surface area contributed by atoms with Crippen molar-refractivity contribution < 1.29 is 8.42 Å². The Morgan fingerprint density at radius 1 is 1.25 bits per heavy atom. The molecular formula is C16H27ClN4O2S. The molecule has 0 amide bonds. The summed E-state index contributed by atoms with van der Waals surface area (Å²) in [6.45, 7) is 5.99. The Bertz CT molecular complexity index is 635. The highest BCUT2D eigenvalue weighted by atomic mass is 35.5. The van der Waals surface area contributed by atoms with Crippen LogP contribution in [0.3, 0.4) is 0 Å². The summed E-state index contributed by atoms with van der Waals surface area (Å²) in [5, 5.41) is 7.07. The van der Waals surface area contributed by atoms with Crippen molar-refractivity contribution in [2.75, 3.05) is 32.4 Å². The fourth-order valence-corrected chi connectivity index (χ4v) is 3.04. The highest BCUT2D eigenvalue weighted by Gasteiger charge is 2.13. The zero-order valence-electron chi connectivity index (χ0n) is 14.5. The Morgan fingerprint density at radius 2 is 1.96 bits per heavy atom. The van der Waals surface area contributed by atoms with E-state index in [0.717, 1.165) is 12.1 Å². The fraction of sp³-hybridized carbons (Fsp3) is 0.562. The molecule has 0 spiro atoms. The average Bonchev–Trinajstić information content (AvgIpc) is 2.57. The SMILES string of the molecule is CCNC(=NCc1ccccc1Cl)NCCCN(C)S(=O)(=O)CC. The van der Waals surface area contributed by atoms with Gasteiger partial charge in [-0.1, -0.05) is 29.8 Å². The third-order valence-corrected chi connectivity index (χ3v) is 5.72. The number of guanidine groups is 1. The largest absolute Gasteiger partial charge is 0.357 e. The van der Waals surface area contributed by atoms with Crippen LogP contribution in [0.25, 0.3) is 0 Å². The van der Waals surface area contributed by atoms with Crippen molar-refractivity contribution in [3.63, 3.8) is 0 Å². The molecular weight excluding hydrogens is 348 g/mol. The molecule has 0 fully saturated rings. The Labute approximate surface area is 150 Å². The summed E-state index contributed by atoms with van der Waals surface area (Å²) in [7, 11) is -1.51. The van der Waals surface area contributed by atoms with Crippen LogP contribution in [0.15, 0.2) is 29.3 Å². The van der Waals surface area contributed by atoms with Gasteiger partial charge in [0, 0.05) is 31.7 Å². The Morgan fingerprint density at radius 3 is 2.58 bits per heavy atom. The molecule has 0 unspecified atom stereocenters. The van der Waals surface area contributed by atoms with Gasteiger partial charge in [-0.2, -0.15) is 0 Å². The van der Waals surface area contributed by atoms with E-state index >= 15 is 0 Å². The maximum atomic E-state index is 11.7. The second-order valence-electron chi connectivity index (χ2n) is 5.29. The number of halogens is 1. The van der Waals surface area contributed by atoms with Crippen molar-refractivity contribution in [3.8, 4) is 0 Å². The van der Waals surface area contributed by atoms with E-state index in [2.05, 4.69) is 15.6 Å². The molecule has 0 aliphatic heterocycles. The first-order chi connectivity index (χ1) is 11.4. The van der Waals surface area contributed by atoms with E-state index < -0.39 is 10.0 Å². The fourth-order valence-electron chi connectivity index (χ4n) is 2.00. The molecule has 0 aromatic heterocycles. The summed E-state index contributed by atoms with van der Waals surface area (Å²) < 4.78 is 24.7. The van der Waals surface area contributed by atoms with Gasteiger partial charge >= 0.3 is 0 Å². The number of nitrogens with one attached hydrogen (secondary N) is 2. The van der Waals surface area contributed by atoms with Crippen LogP contribution in [0.1, 0.15) is 25.8 Å². The van der Waals surface area contributed by atoms with Crippen molar-refractivity contribution in [2.45, 2.75) is 26.8 Å². The van der Waals surface area contributed by atoms with Crippen LogP contribution in [0.2, 0.25) is 5.02 Å². The van der Waals surface area contributed by atoms with E-state index in [0.29, 0.717) is 37.0 Å². The van der Waals surface area contributed by atoms with Crippen molar-refractivity contribution in [3.05, 3.63) is 34.9 Å². The maximum Gasteiger partial charge on any atom is 0.213 e. The van der Waals surface area contributed by atoms with E-state index in [1.165, 1.54) is 4.31 Å². The van der Waals surface area contributed by atoms with Crippen molar-refractivity contribution in [1.82, 2.24) is 14.9 Å². The first-order valence-corrected chi connectivity index (χ1v) is 10.1. The average molecular weight is 375 g/mol. The predicted octanol–water partition coefficient (Wildman–Crippen LogP) is 2.07. The van der Waals surface area contributed by atoms with Gasteiger partial charge in [0.05, 0.1) is 12.3 Å². The monoisotopic (exact) mass is 374 g/mol. The van der Waals surface area contributed by atoms with Crippen molar-refractivity contribution >= 4 is 27.6 Å². The first-order valence-electron chi connectivity index (χ1n) is 8.10. The van der Waals surface area contributed by atoms with Crippen LogP contribution in [0, 0.1) is 0 Å². The minimum Gasteiger partial charge on any atom is -0.357 e. The summed E-state index contributed by atoms with van der Waals surface area (Å²) in [4.78, 5) is 4.50. The lowest BCUT2D eigenvalue weighted by Gasteiger charge is -2.16. The molecule has 0 saturated carbocycles. The molecule has 0 atom stereocenters. The van der Waals surface area contributed by atoms with Gasteiger partial charge in [0.15, 0.2) is 5.96 Å². The Kier molecular flexibility index (Phi) is 9.10. The van der Waals surface area contributed by atoms with Crippen LogP contribution in [0.4, 0.5) is 0 Å². The van der Waals surface area contributed by atoms with Gasteiger partial charge < -0.3 is 10.6 Å². The van der Waals surface area contributed by atoms with Crippen LogP contribution in [0.5, 0.6) is 0 Å². The summed E-state index contributed by atoms with van der Waals surface area (Å²) in [5.41, 5.74) is 0.963. The number of rotatable bonds is 9. The molecule has 0 saturated heterocycles. The smallest absolute Gasteiger partial charge is 0.213 e. The van der Waals surface area contributed by atoms with E-state index in [1.54, 1.807) is 14.0 Å². The number of nitrogens with zero attached hydrogens (tertiary/aromatic N) is 2. The molecule has 8 heteroatoms. The van der Waals surface area contributed by atoms with E-state index in [1.807, 2.05) is 31.2 Å². The molecule has 2 N–H and O–H groups in total. The lowest BCUT2D eigenvalue weighted by Crippen LogP contribution is -2.39. The second-order valence-corrected chi connectivity index (χ2v) is 8.06. The summed E-state index contributed by atoms with van der Waals surface area (Å²) in [6.07, 6.45) is 0.701. The molecule has 136 valence electrons. The minimum atomic E-state index is -3.12. The van der Waals surface area contributed by atoms with Crippen molar-refractivity contribution in [1.29, 1.82) is 0 Å². The molecule has 1 aromatic carbocycles. The van der Waals surface area contributed by atoms with Crippen LogP contribution in [-0.4, -0.2) is 51.1 Å². The lowest BCUT2D eigenvalue weighted by atomic mass is 10.2. The molecule has 1 rings (SSSR count). The van der Waals surface area contributed by atoms with Crippen LogP contribution in [-0.2, 0) is 16.6 Å². The molecule has 24 heavy (non-hydrogen) atoms. The topological polar surface area (TPSA) is 73.8 Å². The standard InChI is InChI=1S/C16H27ClN4O2S/c1-4-18-16(20-13-14-9-6-7-10-15(14)17)19-11-8-12-21(3)24(22,23)5-2/h6-7,9-10H,4-5,8,11-13H2,1-3H3,(H2,18,19,20). The zero-order valence-corrected chi connectivity index (χ0v) is 16.1. The molecule has 1 aromatic rings. The highest BCUT2D eigenvalue weighted by molar-refractivity contribution is 7.89. The van der Waals surface area contributed by atoms with Gasteiger partial charge in [0.1, 0.15) is 0 Å². The summed E-state index contributed by atoms with van der Waals surface area (Å²) in [6, 6.07) is 7.61. The molecule has 0 aliphatic rings. The molecule has 0 aliphatic carbocycles. The number of benzene rings is 1. The van der Waals surface area contributed by atoms with Crippen LogP contribution >= 0.6 is 11.6 Å². The zero-order chi connectivity index (χ0) is 18.0. The lowest BCUT2D eigenvalue weighted by molar-refractivity contribution is 0.461. The van der Waals surface area contributed by atoms with E-state index in [4.69, 9.17) is 11.6 Å². The van der Waals surface area contributed by atoms with E-state index in [9.17, 15) is 8.42 Å². The van der Waals surface area contributed by atoms with Crippen LogP contribution < -0.4 is 10.6 Å². The quantitative estimate of drug-likeness (QED) is 0.394. The Hall–Kier alpha value is -1.31. The first kappa shape index (κ1) is 20.7. The predicted molar refractivity (Wildman–Crippen MR) is 101 cm³/mol.